The van der Waals surface area contributed by atoms with Gasteiger partial charge in [0.2, 0.25) is 0 Å². The Morgan fingerprint density at radius 1 is 1.15 bits per heavy atom. The molecule has 0 atom stereocenters. The van der Waals surface area contributed by atoms with E-state index in [1.807, 2.05) is 6.07 Å². The van der Waals surface area contributed by atoms with Gasteiger partial charge in [-0.15, -0.1) is 5.10 Å². The number of methoxy groups -OCH3 is 2. The van der Waals surface area contributed by atoms with E-state index in [0.29, 0.717) is 17.2 Å². The highest BCUT2D eigenvalue weighted by Crippen LogP contribution is 2.24. The molecule has 0 saturated carbocycles. The van der Waals surface area contributed by atoms with Crippen molar-refractivity contribution >= 4 is 5.91 Å². The highest BCUT2D eigenvalue weighted by molar-refractivity contribution is 5.91. The van der Waals surface area contributed by atoms with Gasteiger partial charge in [0.25, 0.3) is 5.91 Å². The summed E-state index contributed by atoms with van der Waals surface area (Å²) in [5.74, 6) is 0.551. The first-order chi connectivity index (χ1) is 12.6. The topological polar surface area (TPSA) is 78.3 Å². The predicted octanol–water partition coefficient (Wildman–Crippen LogP) is 2.35. The molecule has 26 heavy (non-hydrogen) atoms. The number of ether oxygens (including phenoxy) is 2. The van der Waals surface area contributed by atoms with E-state index in [1.54, 1.807) is 38.5 Å². The van der Waals surface area contributed by atoms with Crippen LogP contribution in [0.2, 0.25) is 0 Å². The Morgan fingerprint density at radius 2 is 1.92 bits per heavy atom. The monoisotopic (exact) mass is 356 g/mol. The van der Waals surface area contributed by atoms with Gasteiger partial charge in [-0.3, -0.25) is 4.79 Å². The van der Waals surface area contributed by atoms with Crippen molar-refractivity contribution in [3.8, 4) is 17.2 Å². The van der Waals surface area contributed by atoms with Crippen LogP contribution in [0.4, 0.5) is 4.39 Å². The molecule has 0 unspecified atom stereocenters. The molecule has 3 rings (SSSR count). The maximum Gasteiger partial charge on any atom is 0.273 e. The van der Waals surface area contributed by atoms with Crippen LogP contribution in [0.25, 0.3) is 5.69 Å². The lowest BCUT2D eigenvalue weighted by Crippen LogP contribution is -2.23. The number of halogens is 1. The van der Waals surface area contributed by atoms with E-state index >= 15 is 0 Å². The van der Waals surface area contributed by atoms with Crippen molar-refractivity contribution < 1.29 is 18.7 Å². The number of nitrogens with zero attached hydrogens (tertiary/aromatic N) is 3. The Morgan fingerprint density at radius 3 is 2.62 bits per heavy atom. The molecule has 0 spiro atoms. The summed E-state index contributed by atoms with van der Waals surface area (Å²) in [5, 5.41) is 10.5. The third kappa shape index (κ3) is 3.80. The average molecular weight is 356 g/mol. The van der Waals surface area contributed by atoms with Gasteiger partial charge in [0.05, 0.1) is 26.1 Å². The van der Waals surface area contributed by atoms with Crippen molar-refractivity contribution in [2.24, 2.45) is 0 Å². The molecule has 1 aromatic heterocycles. The van der Waals surface area contributed by atoms with Crippen molar-refractivity contribution in [2.45, 2.75) is 6.54 Å². The molecule has 0 aliphatic heterocycles. The van der Waals surface area contributed by atoms with E-state index in [-0.39, 0.29) is 24.0 Å². The van der Waals surface area contributed by atoms with Gasteiger partial charge in [-0.1, -0.05) is 5.21 Å². The summed E-state index contributed by atoms with van der Waals surface area (Å²) in [4.78, 5) is 12.3. The van der Waals surface area contributed by atoms with Crippen LogP contribution >= 0.6 is 0 Å². The van der Waals surface area contributed by atoms with Gasteiger partial charge < -0.3 is 14.8 Å². The fourth-order valence-electron chi connectivity index (χ4n) is 2.35. The summed E-state index contributed by atoms with van der Waals surface area (Å²) in [6.45, 7) is 0.259. The summed E-state index contributed by atoms with van der Waals surface area (Å²) in [6, 6.07) is 11.1. The van der Waals surface area contributed by atoms with E-state index in [0.717, 1.165) is 5.56 Å². The minimum atomic E-state index is -0.378. The summed E-state index contributed by atoms with van der Waals surface area (Å²) in [7, 11) is 3.12. The Balaban J connectivity index is 1.68. The average Bonchev–Trinajstić information content (AvgIpc) is 3.16. The molecule has 0 saturated heterocycles. The van der Waals surface area contributed by atoms with Crippen molar-refractivity contribution in [1.82, 2.24) is 20.3 Å². The number of aromatic nitrogens is 3. The summed E-state index contributed by atoms with van der Waals surface area (Å²) in [5.41, 5.74) is 1.56. The molecule has 0 bridgehead atoms. The SMILES string of the molecule is COc1ccc(CNC(=O)c2cn(-c3ccc(F)cc3)nn2)c(OC)c1. The molecule has 1 N–H and O–H groups in total. The molecule has 0 radical (unpaired) electrons. The smallest absolute Gasteiger partial charge is 0.273 e. The molecule has 8 heteroatoms. The maximum atomic E-state index is 13.0. The normalized spacial score (nSPS) is 10.4. The zero-order valence-corrected chi connectivity index (χ0v) is 14.3. The summed E-state index contributed by atoms with van der Waals surface area (Å²) >= 11 is 0. The molecular weight excluding hydrogens is 339 g/mol. The van der Waals surface area contributed by atoms with Gasteiger partial charge in [0.15, 0.2) is 5.69 Å². The van der Waals surface area contributed by atoms with Crippen molar-refractivity contribution in [3.05, 3.63) is 65.7 Å². The van der Waals surface area contributed by atoms with Crippen LogP contribution < -0.4 is 14.8 Å². The molecule has 2 aromatic carbocycles. The minimum Gasteiger partial charge on any atom is -0.497 e. The largest absolute Gasteiger partial charge is 0.497 e. The quantitative estimate of drug-likeness (QED) is 0.734. The first-order valence-electron chi connectivity index (χ1n) is 7.78. The lowest BCUT2D eigenvalue weighted by molar-refractivity contribution is 0.0945. The minimum absolute atomic E-state index is 0.154. The second-order valence-electron chi connectivity index (χ2n) is 5.39. The Hall–Kier alpha value is -3.42. The third-order valence-corrected chi connectivity index (χ3v) is 3.75. The molecule has 0 aliphatic carbocycles. The highest BCUT2D eigenvalue weighted by atomic mass is 19.1. The Kier molecular flexibility index (Phi) is 5.12. The molecule has 0 fully saturated rings. The zero-order chi connectivity index (χ0) is 18.5. The third-order valence-electron chi connectivity index (χ3n) is 3.75. The van der Waals surface area contributed by atoms with E-state index in [4.69, 9.17) is 9.47 Å². The van der Waals surface area contributed by atoms with Crippen LogP contribution in [0.3, 0.4) is 0 Å². The second-order valence-corrected chi connectivity index (χ2v) is 5.39. The number of carbonyl (C=O) groups excluding carboxylic acids is 1. The Bertz CT molecular complexity index is 909. The standard InChI is InChI=1S/C18H17FN4O3/c1-25-15-8-3-12(17(9-15)26-2)10-20-18(24)16-11-23(22-21-16)14-6-4-13(19)5-7-14/h3-9,11H,10H2,1-2H3,(H,20,24). The van der Waals surface area contributed by atoms with Crippen molar-refractivity contribution in [3.63, 3.8) is 0 Å². The van der Waals surface area contributed by atoms with Crippen molar-refractivity contribution in [1.29, 1.82) is 0 Å². The molecule has 7 nitrogen and oxygen atoms in total. The van der Waals surface area contributed by atoms with Crippen LogP contribution in [0, 0.1) is 5.82 Å². The molecule has 1 heterocycles. The van der Waals surface area contributed by atoms with Gasteiger partial charge >= 0.3 is 0 Å². The van der Waals surface area contributed by atoms with Crippen LogP contribution in [-0.4, -0.2) is 35.1 Å². The number of benzene rings is 2. The van der Waals surface area contributed by atoms with Gasteiger partial charge in [-0.05, 0) is 36.4 Å². The van der Waals surface area contributed by atoms with Crippen molar-refractivity contribution in [2.75, 3.05) is 14.2 Å². The number of amides is 1. The molecule has 0 aliphatic rings. The van der Waals surface area contributed by atoms with Gasteiger partial charge in [0, 0.05) is 18.2 Å². The maximum absolute atomic E-state index is 13.0. The lowest BCUT2D eigenvalue weighted by Gasteiger charge is -2.10. The van der Waals surface area contributed by atoms with E-state index < -0.39 is 0 Å². The first-order valence-corrected chi connectivity index (χ1v) is 7.78. The van der Waals surface area contributed by atoms with Crippen LogP contribution in [0.15, 0.2) is 48.7 Å². The van der Waals surface area contributed by atoms with Gasteiger partial charge in [-0.2, -0.15) is 0 Å². The van der Waals surface area contributed by atoms with E-state index in [1.165, 1.54) is 23.0 Å². The zero-order valence-electron chi connectivity index (χ0n) is 14.3. The number of rotatable bonds is 6. The van der Waals surface area contributed by atoms with E-state index in [9.17, 15) is 9.18 Å². The number of hydrogen-bond acceptors (Lipinski definition) is 5. The molecular formula is C18H17FN4O3. The van der Waals surface area contributed by atoms with Crippen LogP contribution in [-0.2, 0) is 6.54 Å². The number of nitrogens with one attached hydrogen (secondary N) is 1. The summed E-state index contributed by atoms with van der Waals surface area (Å²) in [6.07, 6.45) is 1.48. The molecule has 134 valence electrons. The predicted molar refractivity (Wildman–Crippen MR) is 92.0 cm³/mol. The fraction of sp³-hybridized carbons (Fsp3) is 0.167. The first kappa shape index (κ1) is 17.4. The van der Waals surface area contributed by atoms with Gasteiger partial charge in [-0.25, -0.2) is 9.07 Å². The number of hydrogen-bond donors (Lipinski definition) is 1. The Labute approximate surface area is 149 Å². The highest BCUT2D eigenvalue weighted by Gasteiger charge is 2.13. The fourth-order valence-corrected chi connectivity index (χ4v) is 2.35. The summed E-state index contributed by atoms with van der Waals surface area (Å²) < 4.78 is 24.8. The lowest BCUT2D eigenvalue weighted by atomic mass is 10.2. The van der Waals surface area contributed by atoms with E-state index in [2.05, 4.69) is 15.6 Å². The van der Waals surface area contributed by atoms with Gasteiger partial charge in [0.1, 0.15) is 17.3 Å². The molecule has 3 aromatic rings. The van der Waals surface area contributed by atoms with Crippen LogP contribution in [0.1, 0.15) is 16.1 Å². The molecule has 1 amide bonds. The van der Waals surface area contributed by atoms with Crippen LogP contribution in [0.5, 0.6) is 11.5 Å². The number of carbonyl (C=O) groups is 1. The second kappa shape index (κ2) is 7.64.